The minimum atomic E-state index is -0.515. The highest BCUT2D eigenvalue weighted by molar-refractivity contribution is 6.40. The van der Waals surface area contributed by atoms with Gasteiger partial charge in [0, 0.05) is 18.0 Å². The fraction of sp³-hybridized carbons (Fsp3) is 0.318. The fourth-order valence-electron chi connectivity index (χ4n) is 2.91. The maximum atomic E-state index is 12.1. The minimum absolute atomic E-state index is 0.156. The molecule has 28 heavy (non-hydrogen) atoms. The lowest BCUT2D eigenvalue weighted by atomic mass is 9.97. The Hall–Kier alpha value is -2.66. The van der Waals surface area contributed by atoms with E-state index in [-0.39, 0.29) is 24.3 Å². The highest BCUT2D eigenvalue weighted by Gasteiger charge is 2.15. The van der Waals surface area contributed by atoms with E-state index >= 15 is 0 Å². The van der Waals surface area contributed by atoms with Gasteiger partial charge in [0.05, 0.1) is 18.9 Å². The molecule has 1 amide bonds. The summed E-state index contributed by atoms with van der Waals surface area (Å²) in [5.74, 6) is -0.707. The molecule has 0 fully saturated rings. The standard InChI is InChI=1S/C22H25ClN2O3/c1-3-4-17(20-12-18(23)6-5-15(20)2)7-9-25-22(27)21(24)13-19(26)11-16-8-10-28-14-16/h4-6,8,10,12,14,24H,3,7,9,11,13H2,1-2H3,(H,25,27). The van der Waals surface area contributed by atoms with Crippen LogP contribution in [0.25, 0.3) is 5.57 Å². The van der Waals surface area contributed by atoms with E-state index in [1.165, 1.54) is 12.5 Å². The van der Waals surface area contributed by atoms with E-state index in [0.717, 1.165) is 28.7 Å². The Kier molecular flexibility index (Phi) is 8.20. The number of ketones is 1. The summed E-state index contributed by atoms with van der Waals surface area (Å²) in [5, 5.41) is 11.3. The van der Waals surface area contributed by atoms with E-state index in [2.05, 4.69) is 18.3 Å². The van der Waals surface area contributed by atoms with Crippen molar-refractivity contribution in [3.8, 4) is 0 Å². The summed E-state index contributed by atoms with van der Waals surface area (Å²) >= 11 is 6.12. The van der Waals surface area contributed by atoms with Crippen molar-refractivity contribution in [3.63, 3.8) is 0 Å². The lowest BCUT2D eigenvalue weighted by Crippen LogP contribution is -2.32. The van der Waals surface area contributed by atoms with E-state index in [4.69, 9.17) is 21.4 Å². The van der Waals surface area contributed by atoms with Gasteiger partial charge in [0.15, 0.2) is 0 Å². The molecule has 0 saturated heterocycles. The summed E-state index contributed by atoms with van der Waals surface area (Å²) in [6.07, 6.45) is 6.55. The van der Waals surface area contributed by atoms with Crippen molar-refractivity contribution >= 4 is 34.6 Å². The summed E-state index contributed by atoms with van der Waals surface area (Å²) in [4.78, 5) is 24.1. The molecule has 0 aliphatic rings. The number of furan rings is 1. The van der Waals surface area contributed by atoms with Gasteiger partial charge in [0.2, 0.25) is 0 Å². The van der Waals surface area contributed by atoms with Gasteiger partial charge in [-0.05, 0) is 60.2 Å². The van der Waals surface area contributed by atoms with Crippen LogP contribution in [0.15, 0.2) is 47.3 Å². The fourth-order valence-corrected chi connectivity index (χ4v) is 3.08. The van der Waals surface area contributed by atoms with Crippen molar-refractivity contribution < 1.29 is 14.0 Å². The first kappa shape index (κ1) is 21.6. The van der Waals surface area contributed by atoms with Crippen LogP contribution in [0.5, 0.6) is 0 Å². The first-order chi connectivity index (χ1) is 13.4. The zero-order valence-electron chi connectivity index (χ0n) is 16.2. The largest absolute Gasteiger partial charge is 0.472 e. The van der Waals surface area contributed by atoms with Crippen LogP contribution >= 0.6 is 11.6 Å². The predicted molar refractivity (Wildman–Crippen MR) is 112 cm³/mol. The van der Waals surface area contributed by atoms with Gasteiger partial charge in [0.25, 0.3) is 5.91 Å². The van der Waals surface area contributed by atoms with Crippen LogP contribution in [0.2, 0.25) is 5.02 Å². The van der Waals surface area contributed by atoms with Crippen LogP contribution in [0.1, 0.15) is 42.9 Å². The highest BCUT2D eigenvalue weighted by Crippen LogP contribution is 2.25. The number of hydrogen-bond acceptors (Lipinski definition) is 4. The van der Waals surface area contributed by atoms with E-state index in [0.29, 0.717) is 18.0 Å². The summed E-state index contributed by atoms with van der Waals surface area (Å²) in [6, 6.07) is 7.45. The number of halogens is 1. The quantitative estimate of drug-likeness (QED) is 0.564. The molecule has 1 aromatic carbocycles. The molecule has 0 aliphatic heterocycles. The van der Waals surface area contributed by atoms with Gasteiger partial charge in [-0.25, -0.2) is 0 Å². The maximum Gasteiger partial charge on any atom is 0.265 e. The molecule has 2 aromatic rings. The number of carbonyl (C=O) groups is 2. The minimum Gasteiger partial charge on any atom is -0.472 e. The first-order valence-corrected chi connectivity index (χ1v) is 9.62. The average molecular weight is 401 g/mol. The number of allylic oxidation sites excluding steroid dienone is 1. The number of nitrogens with one attached hydrogen (secondary N) is 2. The second kappa shape index (κ2) is 10.6. The summed E-state index contributed by atoms with van der Waals surface area (Å²) < 4.78 is 4.92. The summed E-state index contributed by atoms with van der Waals surface area (Å²) in [6.45, 7) is 4.46. The molecule has 5 nitrogen and oxygen atoms in total. The zero-order chi connectivity index (χ0) is 20.5. The van der Waals surface area contributed by atoms with Gasteiger partial charge < -0.3 is 9.73 Å². The Morgan fingerprint density at radius 2 is 2.07 bits per heavy atom. The van der Waals surface area contributed by atoms with Crippen LogP contribution in [0.4, 0.5) is 0 Å². The topological polar surface area (TPSA) is 83.2 Å². The molecule has 0 saturated carbocycles. The van der Waals surface area contributed by atoms with E-state index in [9.17, 15) is 9.59 Å². The second-order valence-electron chi connectivity index (χ2n) is 6.61. The van der Waals surface area contributed by atoms with Crippen molar-refractivity contribution in [1.29, 1.82) is 5.41 Å². The third-order valence-electron chi connectivity index (χ3n) is 4.31. The molecule has 1 heterocycles. The second-order valence-corrected chi connectivity index (χ2v) is 7.04. The maximum absolute atomic E-state index is 12.1. The molecule has 0 atom stereocenters. The van der Waals surface area contributed by atoms with Gasteiger partial charge in [-0.2, -0.15) is 0 Å². The van der Waals surface area contributed by atoms with Crippen molar-refractivity contribution in [2.45, 2.75) is 39.5 Å². The lowest BCUT2D eigenvalue weighted by Gasteiger charge is -2.13. The average Bonchev–Trinajstić information content (AvgIpc) is 3.15. The van der Waals surface area contributed by atoms with Crippen molar-refractivity contribution in [3.05, 3.63) is 64.6 Å². The number of Topliss-reactive ketones (excluding diaryl/α,β-unsaturated/α-hetero) is 1. The number of amides is 1. The van der Waals surface area contributed by atoms with E-state index in [1.807, 2.05) is 25.1 Å². The van der Waals surface area contributed by atoms with Crippen molar-refractivity contribution in [1.82, 2.24) is 5.32 Å². The molecular weight excluding hydrogens is 376 g/mol. The predicted octanol–water partition coefficient (Wildman–Crippen LogP) is 4.76. The molecule has 0 unspecified atom stereocenters. The number of hydrogen-bond donors (Lipinski definition) is 2. The Bertz CT molecular complexity index is 870. The third-order valence-corrected chi connectivity index (χ3v) is 4.54. The van der Waals surface area contributed by atoms with Crippen LogP contribution in [0.3, 0.4) is 0 Å². The Balaban J connectivity index is 1.86. The van der Waals surface area contributed by atoms with Crippen molar-refractivity contribution in [2.75, 3.05) is 6.54 Å². The smallest absolute Gasteiger partial charge is 0.265 e. The van der Waals surface area contributed by atoms with Crippen LogP contribution < -0.4 is 5.32 Å². The summed E-state index contributed by atoms with van der Waals surface area (Å²) in [5.41, 5.74) is 3.80. The molecule has 2 rings (SSSR count). The van der Waals surface area contributed by atoms with Crippen LogP contribution in [-0.4, -0.2) is 23.9 Å². The molecule has 6 heteroatoms. The monoisotopic (exact) mass is 400 g/mol. The highest BCUT2D eigenvalue weighted by atomic mass is 35.5. The number of carbonyl (C=O) groups excluding carboxylic acids is 2. The molecule has 0 spiro atoms. The van der Waals surface area contributed by atoms with Crippen LogP contribution in [-0.2, 0) is 16.0 Å². The lowest BCUT2D eigenvalue weighted by molar-refractivity contribution is -0.119. The third kappa shape index (κ3) is 6.50. The van der Waals surface area contributed by atoms with E-state index < -0.39 is 5.91 Å². The Labute approximate surface area is 170 Å². The van der Waals surface area contributed by atoms with Crippen molar-refractivity contribution in [2.24, 2.45) is 0 Å². The van der Waals surface area contributed by atoms with Crippen LogP contribution in [0, 0.1) is 12.3 Å². The molecule has 148 valence electrons. The van der Waals surface area contributed by atoms with Gasteiger partial charge in [-0.15, -0.1) is 0 Å². The Morgan fingerprint density at radius 3 is 2.75 bits per heavy atom. The van der Waals surface area contributed by atoms with Gasteiger partial charge >= 0.3 is 0 Å². The zero-order valence-corrected chi connectivity index (χ0v) is 16.9. The Morgan fingerprint density at radius 1 is 1.29 bits per heavy atom. The molecule has 0 aliphatic carbocycles. The number of benzene rings is 1. The number of aryl methyl sites for hydroxylation is 1. The molecular formula is C22H25ClN2O3. The molecule has 1 aromatic heterocycles. The number of rotatable bonds is 10. The molecule has 2 N–H and O–H groups in total. The van der Waals surface area contributed by atoms with Gasteiger partial charge in [0.1, 0.15) is 11.5 Å². The molecule has 0 radical (unpaired) electrons. The normalized spacial score (nSPS) is 11.3. The molecule has 0 bridgehead atoms. The van der Waals surface area contributed by atoms with Gasteiger partial charge in [-0.3, -0.25) is 15.0 Å². The summed E-state index contributed by atoms with van der Waals surface area (Å²) in [7, 11) is 0. The van der Waals surface area contributed by atoms with E-state index in [1.54, 1.807) is 6.07 Å². The van der Waals surface area contributed by atoms with Gasteiger partial charge in [-0.1, -0.05) is 30.7 Å². The SMILES string of the molecule is CCC=C(CCNC(=O)C(=N)CC(=O)Cc1ccoc1)c1cc(Cl)ccc1C. The first-order valence-electron chi connectivity index (χ1n) is 9.24.